The zero-order valence-corrected chi connectivity index (χ0v) is 20.0. The van der Waals surface area contributed by atoms with Gasteiger partial charge in [-0.1, -0.05) is 6.92 Å². The van der Waals surface area contributed by atoms with E-state index in [4.69, 9.17) is 4.74 Å². The van der Waals surface area contributed by atoms with Crippen molar-refractivity contribution in [3.05, 3.63) is 48.2 Å². The van der Waals surface area contributed by atoms with Crippen LogP contribution in [0.1, 0.15) is 51.3 Å². The second kappa shape index (κ2) is 8.00. The summed E-state index contributed by atoms with van der Waals surface area (Å²) in [6.07, 6.45) is 5.02. The average Bonchev–Trinajstić information content (AvgIpc) is 3.36. The van der Waals surface area contributed by atoms with Crippen LogP contribution in [0.5, 0.6) is 0 Å². The van der Waals surface area contributed by atoms with Crippen molar-refractivity contribution in [3.63, 3.8) is 0 Å². The van der Waals surface area contributed by atoms with Gasteiger partial charge in [0.2, 0.25) is 0 Å². The minimum absolute atomic E-state index is 0.300. The summed E-state index contributed by atoms with van der Waals surface area (Å²) in [4.78, 5) is 27.4. The topological polar surface area (TPSA) is 137 Å². The maximum atomic E-state index is 12.9. The molecule has 1 aliphatic carbocycles. The number of carbonyl (C=O) groups excluding carboxylic acids is 1. The Labute approximate surface area is 202 Å². The summed E-state index contributed by atoms with van der Waals surface area (Å²) in [6.45, 7) is 5.99. The number of rotatable bonds is 4. The standard InChI is InChI=1S/C25H28N6O4/c1-23(2,34)19-10-28-21(11-27-19)31-14-25(35-22(31)33)7-6-20(32)24(3,12-25)13-30-15-29-17-5-4-16(9-26)8-18(17)30/h4-5,8,10-11,15,20,32,34H,6-7,12-14H2,1-3H3/t20-,24+,25+/m1/s1. The molecule has 2 aliphatic rings. The fourth-order valence-corrected chi connectivity index (χ4v) is 5.29. The molecule has 3 aromatic rings. The zero-order chi connectivity index (χ0) is 25.0. The maximum absolute atomic E-state index is 12.9. The fraction of sp³-hybridized carbons (Fsp3) is 0.480. The van der Waals surface area contributed by atoms with Crippen molar-refractivity contribution in [2.45, 2.75) is 63.9 Å². The van der Waals surface area contributed by atoms with Crippen LogP contribution in [0.4, 0.5) is 10.6 Å². The minimum atomic E-state index is -1.13. The van der Waals surface area contributed by atoms with Crippen LogP contribution < -0.4 is 4.90 Å². The van der Waals surface area contributed by atoms with Gasteiger partial charge in [-0.2, -0.15) is 5.26 Å². The number of fused-ring (bicyclic) bond motifs is 1. The molecule has 10 nitrogen and oxygen atoms in total. The number of anilines is 1. The van der Waals surface area contributed by atoms with E-state index in [9.17, 15) is 20.3 Å². The van der Waals surface area contributed by atoms with Gasteiger partial charge in [-0.05, 0) is 51.3 Å². The van der Waals surface area contributed by atoms with E-state index >= 15 is 0 Å². The number of aliphatic hydroxyl groups is 2. The Kier molecular flexibility index (Phi) is 5.30. The summed E-state index contributed by atoms with van der Waals surface area (Å²) >= 11 is 0. The number of carbonyl (C=O) groups is 1. The molecule has 1 aromatic carbocycles. The average molecular weight is 477 g/mol. The third kappa shape index (κ3) is 4.11. The Bertz CT molecular complexity index is 1320. The van der Waals surface area contributed by atoms with Gasteiger partial charge in [-0.3, -0.25) is 9.88 Å². The first-order chi connectivity index (χ1) is 16.5. The number of imidazole rings is 1. The highest BCUT2D eigenvalue weighted by molar-refractivity contribution is 5.89. The van der Waals surface area contributed by atoms with Gasteiger partial charge in [0.15, 0.2) is 5.82 Å². The van der Waals surface area contributed by atoms with E-state index in [-0.39, 0.29) is 0 Å². The number of nitriles is 1. The van der Waals surface area contributed by atoms with Crippen molar-refractivity contribution in [1.29, 1.82) is 5.26 Å². The molecule has 1 amide bonds. The number of hydrogen-bond acceptors (Lipinski definition) is 8. The van der Waals surface area contributed by atoms with Crippen LogP contribution in [0.15, 0.2) is 36.9 Å². The first-order valence-corrected chi connectivity index (χ1v) is 11.6. The Morgan fingerprint density at radius 3 is 2.77 bits per heavy atom. The Morgan fingerprint density at radius 2 is 2.09 bits per heavy atom. The first-order valence-electron chi connectivity index (χ1n) is 11.6. The number of amides is 1. The van der Waals surface area contributed by atoms with Crippen LogP contribution in [0.3, 0.4) is 0 Å². The molecule has 182 valence electrons. The van der Waals surface area contributed by atoms with Gasteiger partial charge in [-0.15, -0.1) is 0 Å². The number of aliphatic hydroxyl groups excluding tert-OH is 1. The van der Waals surface area contributed by atoms with Crippen LogP contribution >= 0.6 is 0 Å². The van der Waals surface area contributed by atoms with Gasteiger partial charge >= 0.3 is 6.09 Å². The number of benzene rings is 1. The summed E-state index contributed by atoms with van der Waals surface area (Å²) < 4.78 is 7.88. The van der Waals surface area contributed by atoms with Crippen LogP contribution in [-0.2, 0) is 16.9 Å². The SMILES string of the molecule is CC(C)(O)c1cnc(N2C[C@@]3(CC[C@@H](O)[C@](C)(Cn4cnc5ccc(C#N)cc54)C3)OC2=O)cn1. The van der Waals surface area contributed by atoms with Crippen LogP contribution in [0.25, 0.3) is 11.0 Å². The summed E-state index contributed by atoms with van der Waals surface area (Å²) in [7, 11) is 0. The molecule has 5 rings (SSSR count). The van der Waals surface area contributed by atoms with Crippen molar-refractivity contribution < 1.29 is 19.7 Å². The number of ether oxygens (including phenoxy) is 1. The molecule has 3 atom stereocenters. The molecule has 0 radical (unpaired) electrons. The van der Waals surface area contributed by atoms with Crippen molar-refractivity contribution in [3.8, 4) is 6.07 Å². The van der Waals surface area contributed by atoms with Crippen LogP contribution in [0, 0.1) is 16.7 Å². The highest BCUT2D eigenvalue weighted by Crippen LogP contribution is 2.48. The van der Waals surface area contributed by atoms with E-state index in [1.54, 1.807) is 32.3 Å². The molecule has 2 N–H and O–H groups in total. The van der Waals surface area contributed by atoms with Gasteiger partial charge < -0.3 is 19.5 Å². The van der Waals surface area contributed by atoms with Crippen molar-refractivity contribution in [2.75, 3.05) is 11.4 Å². The summed E-state index contributed by atoms with van der Waals surface area (Å²) in [5.41, 5.74) is 0.0528. The molecule has 1 spiro atoms. The number of aromatic nitrogens is 4. The number of hydrogen-bond donors (Lipinski definition) is 2. The van der Waals surface area contributed by atoms with E-state index in [0.29, 0.717) is 49.4 Å². The molecule has 2 aromatic heterocycles. The van der Waals surface area contributed by atoms with Gasteiger partial charge in [0.05, 0.1) is 59.7 Å². The molecular formula is C25H28N6O4. The largest absolute Gasteiger partial charge is 0.441 e. The van der Waals surface area contributed by atoms with Crippen molar-refractivity contribution >= 4 is 22.9 Å². The third-order valence-electron chi connectivity index (χ3n) is 7.20. The molecule has 2 fully saturated rings. The summed E-state index contributed by atoms with van der Waals surface area (Å²) in [6, 6.07) is 7.50. The summed E-state index contributed by atoms with van der Waals surface area (Å²) in [5.74, 6) is 0.359. The maximum Gasteiger partial charge on any atom is 0.416 e. The quantitative estimate of drug-likeness (QED) is 0.586. The molecular weight excluding hydrogens is 448 g/mol. The predicted octanol–water partition coefficient (Wildman–Crippen LogP) is 2.87. The minimum Gasteiger partial charge on any atom is -0.441 e. The van der Waals surface area contributed by atoms with Gasteiger partial charge in [-0.25, -0.2) is 14.8 Å². The van der Waals surface area contributed by atoms with Gasteiger partial charge in [0, 0.05) is 12.0 Å². The molecule has 0 unspecified atom stereocenters. The molecule has 1 saturated carbocycles. The monoisotopic (exact) mass is 476 g/mol. The van der Waals surface area contributed by atoms with Gasteiger partial charge in [0.25, 0.3) is 0 Å². The zero-order valence-electron chi connectivity index (χ0n) is 20.0. The lowest BCUT2D eigenvalue weighted by Crippen LogP contribution is -2.51. The molecule has 0 bridgehead atoms. The van der Waals surface area contributed by atoms with Gasteiger partial charge in [0.1, 0.15) is 11.2 Å². The molecule has 35 heavy (non-hydrogen) atoms. The highest BCUT2D eigenvalue weighted by atomic mass is 16.6. The van der Waals surface area contributed by atoms with Crippen molar-refractivity contribution in [2.24, 2.45) is 5.41 Å². The Morgan fingerprint density at radius 1 is 1.29 bits per heavy atom. The lowest BCUT2D eigenvalue weighted by molar-refractivity contribution is -0.0944. The second-order valence-corrected chi connectivity index (χ2v) is 10.5. The van der Waals surface area contributed by atoms with E-state index in [2.05, 4.69) is 21.0 Å². The number of nitrogens with zero attached hydrogens (tertiary/aromatic N) is 6. The highest BCUT2D eigenvalue weighted by Gasteiger charge is 2.55. The van der Waals surface area contributed by atoms with E-state index in [1.807, 2.05) is 17.6 Å². The lowest BCUT2D eigenvalue weighted by atomic mass is 9.66. The van der Waals surface area contributed by atoms with Crippen molar-refractivity contribution in [1.82, 2.24) is 19.5 Å². The summed E-state index contributed by atoms with van der Waals surface area (Å²) in [5, 5.41) is 30.4. The fourth-order valence-electron chi connectivity index (χ4n) is 5.29. The normalized spacial score (nSPS) is 26.8. The molecule has 10 heteroatoms. The molecule has 1 aliphatic heterocycles. The third-order valence-corrected chi connectivity index (χ3v) is 7.20. The lowest BCUT2D eigenvalue weighted by Gasteiger charge is -2.46. The Balaban J connectivity index is 1.39. The second-order valence-electron chi connectivity index (χ2n) is 10.5. The van der Waals surface area contributed by atoms with E-state index in [1.165, 1.54) is 17.3 Å². The van der Waals surface area contributed by atoms with Crippen LogP contribution in [-0.4, -0.2) is 54.1 Å². The first kappa shape index (κ1) is 23.2. The van der Waals surface area contributed by atoms with E-state index < -0.39 is 28.8 Å². The van der Waals surface area contributed by atoms with Crippen LogP contribution in [0.2, 0.25) is 0 Å². The molecule has 3 heterocycles. The predicted molar refractivity (Wildman–Crippen MR) is 126 cm³/mol. The van der Waals surface area contributed by atoms with E-state index in [0.717, 1.165) is 11.0 Å². The Hall–Kier alpha value is -3.55. The smallest absolute Gasteiger partial charge is 0.416 e. The molecule has 1 saturated heterocycles.